The second-order valence-electron chi connectivity index (χ2n) is 5.52. The lowest BCUT2D eigenvalue weighted by Gasteiger charge is -2.36. The van der Waals surface area contributed by atoms with E-state index in [4.69, 9.17) is 0 Å². The molecule has 5 heteroatoms. The van der Waals surface area contributed by atoms with E-state index in [1.165, 1.54) is 0 Å². The maximum absolute atomic E-state index is 13.0. The SMILES string of the molecule is CNC1CCN(C(=O)C2CCC(F)(F)CC2)CC1. The van der Waals surface area contributed by atoms with Gasteiger partial charge >= 0.3 is 0 Å². The van der Waals surface area contributed by atoms with Crippen LogP contribution in [-0.2, 0) is 4.79 Å². The van der Waals surface area contributed by atoms with Crippen molar-refractivity contribution in [3.05, 3.63) is 0 Å². The van der Waals surface area contributed by atoms with E-state index >= 15 is 0 Å². The van der Waals surface area contributed by atoms with Gasteiger partial charge in [0.2, 0.25) is 11.8 Å². The third-order valence-corrected chi connectivity index (χ3v) is 4.28. The number of alkyl halides is 2. The molecule has 2 rings (SSSR count). The molecule has 18 heavy (non-hydrogen) atoms. The fourth-order valence-electron chi connectivity index (χ4n) is 2.93. The van der Waals surface area contributed by atoms with Crippen LogP contribution in [0.25, 0.3) is 0 Å². The van der Waals surface area contributed by atoms with Crippen molar-refractivity contribution >= 4 is 5.91 Å². The molecule has 1 saturated carbocycles. The molecule has 3 nitrogen and oxygen atoms in total. The van der Waals surface area contributed by atoms with Gasteiger partial charge in [-0.25, -0.2) is 8.78 Å². The first-order chi connectivity index (χ1) is 8.52. The van der Waals surface area contributed by atoms with Crippen molar-refractivity contribution in [2.75, 3.05) is 20.1 Å². The predicted molar refractivity (Wildman–Crippen MR) is 65.6 cm³/mol. The first-order valence-corrected chi connectivity index (χ1v) is 6.86. The maximum atomic E-state index is 13.0. The van der Waals surface area contributed by atoms with Crippen LogP contribution in [0.1, 0.15) is 38.5 Å². The molecular weight excluding hydrogens is 238 g/mol. The summed E-state index contributed by atoms with van der Waals surface area (Å²) in [4.78, 5) is 14.1. The van der Waals surface area contributed by atoms with Gasteiger partial charge in [0.05, 0.1) is 0 Å². The van der Waals surface area contributed by atoms with E-state index in [0.717, 1.165) is 25.9 Å². The molecule has 0 spiro atoms. The molecule has 1 heterocycles. The van der Waals surface area contributed by atoms with Gasteiger partial charge in [-0.2, -0.15) is 0 Å². The van der Waals surface area contributed by atoms with Crippen molar-refractivity contribution in [3.8, 4) is 0 Å². The number of likely N-dealkylation sites (tertiary alicyclic amines) is 1. The zero-order valence-corrected chi connectivity index (χ0v) is 10.9. The normalized spacial score (nSPS) is 26.3. The number of nitrogens with zero attached hydrogens (tertiary/aromatic N) is 1. The van der Waals surface area contributed by atoms with E-state index in [1.54, 1.807) is 0 Å². The van der Waals surface area contributed by atoms with Crippen molar-refractivity contribution in [1.29, 1.82) is 0 Å². The average molecular weight is 260 g/mol. The van der Waals surface area contributed by atoms with Crippen LogP contribution < -0.4 is 5.32 Å². The Bertz CT molecular complexity index is 291. The van der Waals surface area contributed by atoms with Gasteiger partial charge < -0.3 is 10.2 Å². The minimum atomic E-state index is -2.55. The van der Waals surface area contributed by atoms with Crippen LogP contribution in [0.2, 0.25) is 0 Å². The van der Waals surface area contributed by atoms with Crippen LogP contribution in [0.5, 0.6) is 0 Å². The maximum Gasteiger partial charge on any atom is 0.248 e. The van der Waals surface area contributed by atoms with E-state index in [1.807, 2.05) is 11.9 Å². The first kappa shape index (κ1) is 13.7. The lowest BCUT2D eigenvalue weighted by atomic mass is 9.85. The zero-order valence-electron chi connectivity index (χ0n) is 10.9. The molecule has 0 atom stereocenters. The second kappa shape index (κ2) is 5.51. The number of nitrogens with one attached hydrogen (secondary N) is 1. The Morgan fingerprint density at radius 3 is 2.22 bits per heavy atom. The molecule has 0 radical (unpaired) electrons. The monoisotopic (exact) mass is 260 g/mol. The smallest absolute Gasteiger partial charge is 0.248 e. The van der Waals surface area contributed by atoms with Gasteiger partial charge in [-0.05, 0) is 32.7 Å². The van der Waals surface area contributed by atoms with Crippen molar-refractivity contribution in [1.82, 2.24) is 10.2 Å². The van der Waals surface area contributed by atoms with Crippen LogP contribution in [0.15, 0.2) is 0 Å². The highest BCUT2D eigenvalue weighted by Crippen LogP contribution is 2.37. The highest BCUT2D eigenvalue weighted by molar-refractivity contribution is 5.79. The summed E-state index contributed by atoms with van der Waals surface area (Å²) < 4.78 is 26.1. The van der Waals surface area contributed by atoms with E-state index in [2.05, 4.69) is 5.32 Å². The van der Waals surface area contributed by atoms with Crippen molar-refractivity contribution in [3.63, 3.8) is 0 Å². The molecule has 2 aliphatic rings. The number of carbonyl (C=O) groups is 1. The zero-order chi connectivity index (χ0) is 13.2. The molecule has 0 unspecified atom stereocenters. The third kappa shape index (κ3) is 3.19. The van der Waals surface area contributed by atoms with Crippen LogP contribution in [0.3, 0.4) is 0 Å². The van der Waals surface area contributed by atoms with E-state index in [-0.39, 0.29) is 24.7 Å². The van der Waals surface area contributed by atoms with Crippen molar-refractivity contribution < 1.29 is 13.6 Å². The number of rotatable bonds is 2. The molecule has 0 bridgehead atoms. The van der Waals surface area contributed by atoms with Gasteiger partial charge in [0.15, 0.2) is 0 Å². The molecule has 1 saturated heterocycles. The lowest BCUT2D eigenvalue weighted by Crippen LogP contribution is -2.47. The Morgan fingerprint density at radius 2 is 1.72 bits per heavy atom. The molecule has 1 aliphatic heterocycles. The van der Waals surface area contributed by atoms with Crippen LogP contribution >= 0.6 is 0 Å². The number of carbonyl (C=O) groups excluding carboxylic acids is 1. The Balaban J connectivity index is 1.82. The van der Waals surface area contributed by atoms with Crippen molar-refractivity contribution in [2.45, 2.75) is 50.5 Å². The summed E-state index contributed by atoms with van der Waals surface area (Å²) in [5.74, 6) is -2.62. The Hall–Kier alpha value is -0.710. The van der Waals surface area contributed by atoms with Gasteiger partial charge in [0.25, 0.3) is 0 Å². The Kier molecular flexibility index (Phi) is 4.20. The second-order valence-corrected chi connectivity index (χ2v) is 5.52. The summed E-state index contributed by atoms with van der Waals surface area (Å²) in [5, 5.41) is 3.22. The lowest BCUT2D eigenvalue weighted by molar-refractivity contribution is -0.140. The van der Waals surface area contributed by atoms with Crippen LogP contribution in [0.4, 0.5) is 8.78 Å². The topological polar surface area (TPSA) is 32.3 Å². The van der Waals surface area contributed by atoms with Crippen LogP contribution in [0, 0.1) is 5.92 Å². The Morgan fingerprint density at radius 1 is 1.17 bits per heavy atom. The quantitative estimate of drug-likeness (QED) is 0.824. The molecule has 1 aliphatic carbocycles. The van der Waals surface area contributed by atoms with E-state index in [0.29, 0.717) is 18.9 Å². The predicted octanol–water partition coefficient (Wildman–Crippen LogP) is 2.02. The van der Waals surface area contributed by atoms with E-state index in [9.17, 15) is 13.6 Å². The number of hydrogen-bond donors (Lipinski definition) is 1. The van der Waals surface area contributed by atoms with Crippen molar-refractivity contribution in [2.24, 2.45) is 5.92 Å². The highest BCUT2D eigenvalue weighted by atomic mass is 19.3. The summed E-state index contributed by atoms with van der Waals surface area (Å²) in [7, 11) is 1.94. The average Bonchev–Trinajstić information content (AvgIpc) is 2.38. The summed E-state index contributed by atoms with van der Waals surface area (Å²) in [6.45, 7) is 1.52. The molecule has 104 valence electrons. The Labute approximate surface area is 107 Å². The third-order valence-electron chi connectivity index (χ3n) is 4.28. The molecule has 0 aromatic rings. The number of amides is 1. The van der Waals surface area contributed by atoms with Gasteiger partial charge in [-0.3, -0.25) is 4.79 Å². The van der Waals surface area contributed by atoms with Gasteiger partial charge in [-0.15, -0.1) is 0 Å². The molecule has 0 aromatic heterocycles. The summed E-state index contributed by atoms with van der Waals surface area (Å²) in [5.41, 5.74) is 0. The highest BCUT2D eigenvalue weighted by Gasteiger charge is 2.39. The number of piperidine rings is 1. The fraction of sp³-hybridized carbons (Fsp3) is 0.923. The molecular formula is C13H22F2N2O. The molecule has 1 amide bonds. The standard InChI is InChI=1S/C13H22F2N2O/c1-16-11-4-8-17(9-5-11)12(18)10-2-6-13(14,15)7-3-10/h10-11,16H,2-9H2,1H3. The number of halogens is 2. The molecule has 0 aromatic carbocycles. The summed E-state index contributed by atoms with van der Waals surface area (Å²) in [6.07, 6.45) is 2.36. The first-order valence-electron chi connectivity index (χ1n) is 6.86. The summed E-state index contributed by atoms with van der Waals surface area (Å²) in [6, 6.07) is 0.490. The minimum Gasteiger partial charge on any atom is -0.342 e. The van der Waals surface area contributed by atoms with Crippen LogP contribution in [-0.4, -0.2) is 42.9 Å². The summed E-state index contributed by atoms with van der Waals surface area (Å²) >= 11 is 0. The van der Waals surface area contributed by atoms with E-state index < -0.39 is 5.92 Å². The van der Waals surface area contributed by atoms with Gasteiger partial charge in [0, 0.05) is 37.9 Å². The van der Waals surface area contributed by atoms with Gasteiger partial charge in [0.1, 0.15) is 0 Å². The largest absolute Gasteiger partial charge is 0.342 e. The molecule has 1 N–H and O–H groups in total. The minimum absolute atomic E-state index is 0.0973. The molecule has 2 fully saturated rings. The number of hydrogen-bond acceptors (Lipinski definition) is 2. The van der Waals surface area contributed by atoms with Gasteiger partial charge in [-0.1, -0.05) is 0 Å². The fourth-order valence-corrected chi connectivity index (χ4v) is 2.93.